The molecule has 142 valence electrons. The van der Waals surface area contributed by atoms with E-state index in [2.05, 4.69) is 10.1 Å². The molecule has 0 aliphatic heterocycles. The van der Waals surface area contributed by atoms with E-state index in [4.69, 9.17) is 16.3 Å². The predicted octanol–water partition coefficient (Wildman–Crippen LogP) is 5.34. The van der Waals surface area contributed by atoms with Crippen LogP contribution in [-0.2, 0) is 6.42 Å². The number of nitrogens with one attached hydrogen (secondary N) is 1. The molecule has 0 fully saturated rings. The Morgan fingerprint density at radius 2 is 1.89 bits per heavy atom. The lowest BCUT2D eigenvalue weighted by molar-refractivity contribution is 0.458. The second kappa shape index (κ2) is 7.17. The lowest BCUT2D eigenvalue weighted by Crippen LogP contribution is -2.12. The second-order valence-electron chi connectivity index (χ2n) is 6.75. The summed E-state index contributed by atoms with van der Waals surface area (Å²) in [6.07, 6.45) is 2.60. The Hall–Kier alpha value is -3.05. The molecule has 0 spiro atoms. The molecule has 0 radical (unpaired) electrons. The van der Waals surface area contributed by atoms with E-state index < -0.39 is 0 Å². The molecular weight excluding hydrogens is 374 g/mol. The minimum Gasteiger partial charge on any atom is -0.437 e. The summed E-state index contributed by atoms with van der Waals surface area (Å²) in [5.74, 6) is 1.03. The van der Waals surface area contributed by atoms with Crippen molar-refractivity contribution in [3.8, 4) is 17.3 Å². The van der Waals surface area contributed by atoms with E-state index in [1.54, 1.807) is 16.8 Å². The summed E-state index contributed by atoms with van der Waals surface area (Å²) in [5.41, 5.74) is 4.44. The first kappa shape index (κ1) is 18.3. The normalized spacial score (nSPS) is 11.1. The summed E-state index contributed by atoms with van der Waals surface area (Å²) in [5, 5.41) is 5.75. The Morgan fingerprint density at radius 1 is 1.14 bits per heavy atom. The Bertz CT molecular complexity index is 1220. The van der Waals surface area contributed by atoms with Crippen molar-refractivity contribution in [1.29, 1.82) is 0 Å². The molecule has 0 aliphatic carbocycles. The van der Waals surface area contributed by atoms with Crippen LogP contribution in [0.5, 0.6) is 11.6 Å². The van der Waals surface area contributed by atoms with Crippen LogP contribution in [-0.4, -0.2) is 14.8 Å². The second-order valence-corrected chi connectivity index (χ2v) is 7.19. The summed E-state index contributed by atoms with van der Waals surface area (Å²) in [7, 11) is 0. The van der Waals surface area contributed by atoms with Gasteiger partial charge in [0.2, 0.25) is 5.88 Å². The van der Waals surface area contributed by atoms with Gasteiger partial charge in [0.05, 0.1) is 11.2 Å². The fraction of sp³-hybridized carbons (Fsp3) is 0.182. The summed E-state index contributed by atoms with van der Waals surface area (Å²) >= 11 is 5.93. The number of aromatic amines is 1. The van der Waals surface area contributed by atoms with Crippen molar-refractivity contribution < 1.29 is 4.74 Å². The van der Waals surface area contributed by atoms with E-state index >= 15 is 0 Å². The number of ether oxygens (including phenoxy) is 1. The first-order valence-corrected chi connectivity index (χ1v) is 9.49. The van der Waals surface area contributed by atoms with Gasteiger partial charge in [0.1, 0.15) is 5.75 Å². The summed E-state index contributed by atoms with van der Waals surface area (Å²) in [4.78, 5) is 16.2. The Kier molecular flexibility index (Phi) is 4.69. The number of aryl methyl sites for hydroxylation is 2. The first-order valence-electron chi connectivity index (χ1n) is 9.12. The van der Waals surface area contributed by atoms with Crippen molar-refractivity contribution in [3.63, 3.8) is 0 Å². The molecule has 5 nitrogen and oxygen atoms in total. The number of hydrogen-bond acceptors (Lipinski definition) is 3. The topological polar surface area (TPSA) is 59.9 Å². The predicted molar refractivity (Wildman–Crippen MR) is 112 cm³/mol. The van der Waals surface area contributed by atoms with Crippen molar-refractivity contribution in [2.24, 2.45) is 0 Å². The van der Waals surface area contributed by atoms with Gasteiger partial charge in [0.25, 0.3) is 0 Å². The zero-order valence-electron chi connectivity index (χ0n) is 15.9. The standard InChI is InChI=1S/C22H20ClN3O2/c1-4-19-14(3)22(27)18-12-17(11-13(2)21(18)24-19)28-20-9-10-26(25-20)16-7-5-15(23)6-8-16/h5-12H,4H2,1-3H3,(H,24,27). The Labute approximate surface area is 167 Å². The van der Waals surface area contributed by atoms with Gasteiger partial charge in [-0.2, -0.15) is 0 Å². The lowest BCUT2D eigenvalue weighted by atomic mass is 10.0. The third kappa shape index (κ3) is 3.29. The Morgan fingerprint density at radius 3 is 2.61 bits per heavy atom. The third-order valence-electron chi connectivity index (χ3n) is 4.85. The highest BCUT2D eigenvalue weighted by Crippen LogP contribution is 2.27. The summed E-state index contributed by atoms with van der Waals surface area (Å²) < 4.78 is 7.65. The minimum atomic E-state index is 0.0332. The molecule has 2 aromatic carbocycles. The van der Waals surface area contributed by atoms with Crippen LogP contribution in [0.2, 0.25) is 5.02 Å². The molecule has 28 heavy (non-hydrogen) atoms. The Balaban J connectivity index is 1.70. The lowest BCUT2D eigenvalue weighted by Gasteiger charge is -2.11. The zero-order valence-corrected chi connectivity index (χ0v) is 16.7. The SMILES string of the molecule is CCc1[nH]c2c(C)cc(Oc3ccn(-c4ccc(Cl)cc4)n3)cc2c(=O)c1C. The van der Waals surface area contributed by atoms with Gasteiger partial charge in [-0.3, -0.25) is 4.79 Å². The van der Waals surface area contributed by atoms with Gasteiger partial charge in [-0.15, -0.1) is 5.10 Å². The number of nitrogens with zero attached hydrogens (tertiary/aromatic N) is 2. The maximum Gasteiger partial charge on any atom is 0.238 e. The van der Waals surface area contributed by atoms with Crippen molar-refractivity contribution in [2.45, 2.75) is 27.2 Å². The molecule has 0 unspecified atom stereocenters. The van der Waals surface area contributed by atoms with E-state index in [-0.39, 0.29) is 5.43 Å². The van der Waals surface area contributed by atoms with Gasteiger partial charge in [-0.1, -0.05) is 18.5 Å². The molecular formula is C22H20ClN3O2. The number of H-pyrrole nitrogens is 1. The van der Waals surface area contributed by atoms with E-state index in [0.717, 1.165) is 34.4 Å². The van der Waals surface area contributed by atoms with Crippen LogP contribution < -0.4 is 10.2 Å². The van der Waals surface area contributed by atoms with E-state index in [1.165, 1.54) is 0 Å². The maximum atomic E-state index is 12.8. The highest BCUT2D eigenvalue weighted by Gasteiger charge is 2.12. The molecule has 0 bridgehead atoms. The molecule has 0 amide bonds. The number of fused-ring (bicyclic) bond motifs is 1. The molecule has 1 N–H and O–H groups in total. The van der Waals surface area contributed by atoms with E-state index in [0.29, 0.717) is 22.0 Å². The molecule has 0 aliphatic rings. The van der Waals surface area contributed by atoms with Crippen LogP contribution in [0.15, 0.2) is 53.5 Å². The molecule has 2 heterocycles. The largest absolute Gasteiger partial charge is 0.437 e. The third-order valence-corrected chi connectivity index (χ3v) is 5.11. The zero-order chi connectivity index (χ0) is 19.8. The fourth-order valence-electron chi connectivity index (χ4n) is 3.32. The molecule has 0 saturated heterocycles. The summed E-state index contributed by atoms with van der Waals surface area (Å²) in [6.45, 7) is 5.86. The van der Waals surface area contributed by atoms with Gasteiger partial charge >= 0.3 is 0 Å². The van der Waals surface area contributed by atoms with Crippen LogP contribution >= 0.6 is 11.6 Å². The van der Waals surface area contributed by atoms with Crippen molar-refractivity contribution in [1.82, 2.24) is 14.8 Å². The smallest absolute Gasteiger partial charge is 0.238 e. The highest BCUT2D eigenvalue weighted by atomic mass is 35.5. The number of benzene rings is 2. The van der Waals surface area contributed by atoms with Crippen LogP contribution in [0, 0.1) is 13.8 Å². The number of rotatable bonds is 4. The summed E-state index contributed by atoms with van der Waals surface area (Å²) in [6, 6.07) is 12.9. The average molecular weight is 394 g/mol. The van der Waals surface area contributed by atoms with Gasteiger partial charge in [-0.25, -0.2) is 4.68 Å². The molecule has 0 saturated carbocycles. The van der Waals surface area contributed by atoms with Crippen LogP contribution in [0.25, 0.3) is 16.6 Å². The fourth-order valence-corrected chi connectivity index (χ4v) is 3.44. The quantitative estimate of drug-likeness (QED) is 0.509. The monoisotopic (exact) mass is 393 g/mol. The molecule has 0 atom stereocenters. The molecule has 6 heteroatoms. The van der Waals surface area contributed by atoms with E-state index in [9.17, 15) is 4.79 Å². The highest BCUT2D eigenvalue weighted by molar-refractivity contribution is 6.30. The van der Waals surface area contributed by atoms with Gasteiger partial charge in [0.15, 0.2) is 5.43 Å². The number of aromatic nitrogens is 3. The van der Waals surface area contributed by atoms with Crippen LogP contribution in [0.1, 0.15) is 23.7 Å². The van der Waals surface area contributed by atoms with Crippen LogP contribution in [0.4, 0.5) is 0 Å². The number of halogens is 1. The molecule has 4 rings (SSSR count). The van der Waals surface area contributed by atoms with Gasteiger partial charge in [0, 0.05) is 33.9 Å². The van der Waals surface area contributed by atoms with Crippen LogP contribution in [0.3, 0.4) is 0 Å². The van der Waals surface area contributed by atoms with Crippen molar-refractivity contribution >= 4 is 22.5 Å². The number of pyridine rings is 1. The number of hydrogen-bond donors (Lipinski definition) is 1. The molecule has 4 aromatic rings. The molecule has 2 aromatic heterocycles. The average Bonchev–Trinajstić information content (AvgIpc) is 3.14. The van der Waals surface area contributed by atoms with Crippen molar-refractivity contribution in [2.75, 3.05) is 0 Å². The minimum absolute atomic E-state index is 0.0332. The van der Waals surface area contributed by atoms with Gasteiger partial charge < -0.3 is 9.72 Å². The maximum absolute atomic E-state index is 12.8. The van der Waals surface area contributed by atoms with Crippen molar-refractivity contribution in [3.05, 3.63) is 80.7 Å². The first-order chi connectivity index (χ1) is 13.5. The van der Waals surface area contributed by atoms with E-state index in [1.807, 2.05) is 57.3 Å². The van der Waals surface area contributed by atoms with Gasteiger partial charge in [-0.05, 0) is 62.2 Å².